The molecule has 0 radical (unpaired) electrons. The number of fused-ring (bicyclic) bond motifs is 1. The number of nitrogens with zero attached hydrogens (tertiary/aromatic N) is 3. The Morgan fingerprint density at radius 1 is 1.03 bits per heavy atom. The number of carbonyl (C=O) groups excluding carboxylic acids is 1. The third kappa shape index (κ3) is 5.21. The molecule has 2 aromatic carbocycles. The Morgan fingerprint density at radius 2 is 1.83 bits per heavy atom. The summed E-state index contributed by atoms with van der Waals surface area (Å²) >= 11 is 6.14. The topological polar surface area (TPSA) is 92.7 Å². The molecule has 5 aromatic rings. The zero-order chi connectivity index (χ0) is 25.1. The summed E-state index contributed by atoms with van der Waals surface area (Å²) in [7, 11) is 0. The van der Waals surface area contributed by atoms with Crippen molar-refractivity contribution in [3.05, 3.63) is 129 Å². The molecule has 1 atom stereocenters. The first-order valence-corrected chi connectivity index (χ1v) is 12.0. The van der Waals surface area contributed by atoms with Gasteiger partial charge in [-0.25, -0.2) is 0 Å². The summed E-state index contributed by atoms with van der Waals surface area (Å²) in [5.74, 6) is -0.223. The Hall–Kier alpha value is -4.23. The van der Waals surface area contributed by atoms with Crippen molar-refractivity contribution >= 4 is 28.4 Å². The van der Waals surface area contributed by atoms with Gasteiger partial charge in [0.1, 0.15) is 0 Å². The van der Waals surface area contributed by atoms with Gasteiger partial charge >= 0.3 is 0 Å². The Balaban J connectivity index is 1.25. The Bertz CT molecular complexity index is 1590. The van der Waals surface area contributed by atoms with Crippen molar-refractivity contribution in [2.45, 2.75) is 25.9 Å². The van der Waals surface area contributed by atoms with Crippen molar-refractivity contribution in [1.82, 2.24) is 25.1 Å². The zero-order valence-corrected chi connectivity index (χ0v) is 20.4. The lowest BCUT2D eigenvalue weighted by Crippen LogP contribution is -2.27. The van der Waals surface area contributed by atoms with Crippen LogP contribution < -0.4 is 10.9 Å². The number of benzene rings is 2. The van der Waals surface area contributed by atoms with Crippen LogP contribution in [0.5, 0.6) is 0 Å². The molecule has 1 unspecified atom stereocenters. The van der Waals surface area contributed by atoms with Crippen molar-refractivity contribution in [3.63, 3.8) is 0 Å². The number of halogens is 1. The van der Waals surface area contributed by atoms with E-state index in [9.17, 15) is 9.59 Å². The lowest BCUT2D eigenvalue weighted by Gasteiger charge is -2.13. The zero-order valence-electron chi connectivity index (χ0n) is 19.6. The highest BCUT2D eigenvalue weighted by Crippen LogP contribution is 2.25. The summed E-state index contributed by atoms with van der Waals surface area (Å²) < 4.78 is 1.67. The van der Waals surface area contributed by atoms with E-state index in [1.165, 1.54) is 0 Å². The van der Waals surface area contributed by atoms with Gasteiger partial charge < -0.3 is 9.88 Å². The number of hydrogen-bond donors (Lipinski definition) is 2. The molecule has 5 rings (SSSR count). The van der Waals surface area contributed by atoms with Crippen LogP contribution in [-0.4, -0.2) is 25.7 Å². The van der Waals surface area contributed by atoms with E-state index in [0.29, 0.717) is 23.6 Å². The van der Waals surface area contributed by atoms with Crippen LogP contribution in [0.15, 0.2) is 90.1 Å². The van der Waals surface area contributed by atoms with Crippen LogP contribution in [0.4, 0.5) is 0 Å². The molecular weight excluding hydrogens is 474 g/mol. The average Bonchev–Trinajstić information content (AvgIpc) is 3.30. The second-order valence-corrected chi connectivity index (χ2v) is 9.17. The van der Waals surface area contributed by atoms with Crippen molar-refractivity contribution in [2.24, 2.45) is 0 Å². The monoisotopic (exact) mass is 497 g/mol. The number of aromatic nitrogens is 4. The molecule has 3 heterocycles. The summed E-state index contributed by atoms with van der Waals surface area (Å²) in [6.45, 7) is 2.41. The van der Waals surface area contributed by atoms with Crippen molar-refractivity contribution < 1.29 is 4.79 Å². The van der Waals surface area contributed by atoms with Gasteiger partial charge in [-0.2, -0.15) is 5.10 Å². The highest BCUT2D eigenvalue weighted by molar-refractivity contribution is 6.31. The fourth-order valence-electron chi connectivity index (χ4n) is 4.18. The maximum absolute atomic E-state index is 13.0. The van der Waals surface area contributed by atoms with E-state index < -0.39 is 0 Å². The number of pyridine rings is 2. The van der Waals surface area contributed by atoms with Gasteiger partial charge in [0.05, 0.1) is 29.4 Å². The van der Waals surface area contributed by atoms with Crippen LogP contribution in [-0.2, 0) is 13.0 Å². The van der Waals surface area contributed by atoms with Gasteiger partial charge in [0, 0.05) is 35.1 Å². The van der Waals surface area contributed by atoms with Crippen molar-refractivity contribution in [3.8, 4) is 0 Å². The second kappa shape index (κ2) is 10.2. The number of H-pyrrole nitrogens is 1. The predicted molar refractivity (Wildman–Crippen MR) is 140 cm³/mol. The first kappa shape index (κ1) is 23.5. The highest BCUT2D eigenvalue weighted by atomic mass is 35.5. The summed E-state index contributed by atoms with van der Waals surface area (Å²) in [5, 5.41) is 11.8. The first-order chi connectivity index (χ1) is 17.5. The minimum absolute atomic E-state index is 0.0265. The molecule has 0 bridgehead atoms. The lowest BCUT2D eigenvalue weighted by atomic mass is 10.0. The molecule has 0 saturated heterocycles. The Morgan fingerprint density at radius 3 is 2.64 bits per heavy atom. The molecule has 1 amide bonds. The molecule has 0 aliphatic heterocycles. The number of carbonyl (C=O) groups is 1. The fourth-order valence-corrected chi connectivity index (χ4v) is 4.35. The van der Waals surface area contributed by atoms with Gasteiger partial charge in [0.15, 0.2) is 0 Å². The molecule has 0 spiro atoms. The molecule has 0 aliphatic carbocycles. The smallest absolute Gasteiger partial charge is 0.253 e. The SMILES string of the molecule is CC(NC(=O)c1cncc(Cc2ccc(Cn3ccccc3=O)cc2)c1)c1n[nH]c2ccc(Cl)cc12. The van der Waals surface area contributed by atoms with Crippen LogP contribution in [0.25, 0.3) is 10.9 Å². The molecule has 3 aromatic heterocycles. The quantitative estimate of drug-likeness (QED) is 0.334. The maximum atomic E-state index is 13.0. The molecule has 2 N–H and O–H groups in total. The minimum atomic E-state index is -0.321. The fraction of sp³-hybridized carbons (Fsp3) is 0.143. The minimum Gasteiger partial charge on any atom is -0.344 e. The number of nitrogens with one attached hydrogen (secondary N) is 2. The van der Waals surface area contributed by atoms with E-state index in [1.54, 1.807) is 41.4 Å². The third-order valence-electron chi connectivity index (χ3n) is 6.05. The van der Waals surface area contributed by atoms with Gasteiger partial charge in [0.25, 0.3) is 11.5 Å². The number of rotatable bonds is 7. The van der Waals surface area contributed by atoms with Crippen molar-refractivity contribution in [1.29, 1.82) is 0 Å². The summed E-state index contributed by atoms with van der Waals surface area (Å²) in [4.78, 5) is 29.2. The average molecular weight is 498 g/mol. The lowest BCUT2D eigenvalue weighted by molar-refractivity contribution is 0.0939. The molecule has 0 fully saturated rings. The van der Waals surface area contributed by atoms with E-state index >= 15 is 0 Å². The van der Waals surface area contributed by atoms with E-state index in [-0.39, 0.29) is 17.5 Å². The summed E-state index contributed by atoms with van der Waals surface area (Å²) in [6, 6.07) is 20.3. The van der Waals surface area contributed by atoms with Crippen LogP contribution >= 0.6 is 11.6 Å². The molecule has 180 valence electrons. The predicted octanol–water partition coefficient (Wildman–Crippen LogP) is 4.90. The number of aromatic amines is 1. The highest BCUT2D eigenvalue weighted by Gasteiger charge is 2.17. The molecule has 7 nitrogen and oxygen atoms in total. The van der Waals surface area contributed by atoms with Crippen LogP contribution in [0.1, 0.15) is 45.7 Å². The number of hydrogen-bond acceptors (Lipinski definition) is 4. The van der Waals surface area contributed by atoms with E-state index in [2.05, 4.69) is 20.5 Å². The normalized spacial score (nSPS) is 11.9. The standard InChI is InChI=1S/C28H24ClN5O2/c1-18(27-24-14-23(29)9-10-25(24)32-33-27)31-28(36)22-13-21(15-30-16-22)12-19-5-7-20(8-6-19)17-34-11-3-2-4-26(34)35/h2-11,13-16,18H,12,17H2,1H3,(H,31,36)(H,32,33). The van der Waals surface area contributed by atoms with Crippen LogP contribution in [0, 0.1) is 0 Å². The Labute approximate surface area is 212 Å². The van der Waals surface area contributed by atoms with Gasteiger partial charge in [-0.15, -0.1) is 0 Å². The van der Waals surface area contributed by atoms with Crippen LogP contribution in [0.2, 0.25) is 5.02 Å². The van der Waals surface area contributed by atoms with E-state index in [4.69, 9.17) is 11.6 Å². The second-order valence-electron chi connectivity index (χ2n) is 8.74. The molecule has 0 aliphatic rings. The molecular formula is C28H24ClN5O2. The van der Waals surface area contributed by atoms with Crippen LogP contribution in [0.3, 0.4) is 0 Å². The summed E-state index contributed by atoms with van der Waals surface area (Å²) in [5.41, 5.74) is 5.10. The van der Waals surface area contributed by atoms with Gasteiger partial charge in [-0.1, -0.05) is 41.9 Å². The van der Waals surface area contributed by atoms with E-state index in [0.717, 1.165) is 33.3 Å². The summed E-state index contributed by atoms with van der Waals surface area (Å²) in [6.07, 6.45) is 5.74. The van der Waals surface area contributed by atoms with Crippen molar-refractivity contribution in [2.75, 3.05) is 0 Å². The number of amides is 1. The van der Waals surface area contributed by atoms with E-state index in [1.807, 2.05) is 55.5 Å². The Kier molecular flexibility index (Phi) is 6.64. The first-order valence-electron chi connectivity index (χ1n) is 11.6. The largest absolute Gasteiger partial charge is 0.344 e. The van der Waals surface area contributed by atoms with Gasteiger partial charge in [0.2, 0.25) is 0 Å². The van der Waals surface area contributed by atoms with Gasteiger partial charge in [-0.05, 0) is 60.4 Å². The molecule has 8 heteroatoms. The van der Waals surface area contributed by atoms with Gasteiger partial charge in [-0.3, -0.25) is 19.7 Å². The molecule has 0 saturated carbocycles. The maximum Gasteiger partial charge on any atom is 0.253 e. The third-order valence-corrected chi connectivity index (χ3v) is 6.29. The molecule has 36 heavy (non-hydrogen) atoms.